The van der Waals surface area contributed by atoms with E-state index in [-0.39, 0.29) is 23.8 Å². The number of halogens is 1. The monoisotopic (exact) mass is 615 g/mol. The fourth-order valence-corrected chi connectivity index (χ4v) is 5.50. The summed E-state index contributed by atoms with van der Waals surface area (Å²) in [4.78, 5) is 42.2. The summed E-state index contributed by atoms with van der Waals surface area (Å²) < 4.78 is 27.2. The van der Waals surface area contributed by atoms with Gasteiger partial charge in [0.05, 0.1) is 18.7 Å². The van der Waals surface area contributed by atoms with Gasteiger partial charge in [-0.25, -0.2) is 13.9 Å². The number of benzene rings is 2. The third kappa shape index (κ3) is 6.55. The van der Waals surface area contributed by atoms with Gasteiger partial charge in [0.25, 0.3) is 0 Å². The molecule has 3 N–H and O–H groups in total. The van der Waals surface area contributed by atoms with Gasteiger partial charge in [0, 0.05) is 65.0 Å². The molecule has 0 saturated heterocycles. The SMILES string of the molecule is CC(=O)c1c[nH]c2ccccc12.Cc1nc2cc(NC=O)nn2c(-c2cc(F)c3c(c2C)CCCO3)c1CC(=O)OC(C)(C)O. The number of aryl methyl sites for hydroxylation is 1. The van der Waals surface area contributed by atoms with E-state index in [1.807, 2.05) is 31.2 Å². The molecule has 12 heteroatoms. The number of H-pyrrole nitrogens is 1. The number of rotatable bonds is 7. The van der Waals surface area contributed by atoms with Crippen LogP contribution in [-0.4, -0.2) is 55.2 Å². The first-order valence-corrected chi connectivity index (χ1v) is 14.4. The van der Waals surface area contributed by atoms with E-state index >= 15 is 4.39 Å². The Morgan fingerprint density at radius 1 is 1.24 bits per heavy atom. The van der Waals surface area contributed by atoms with Gasteiger partial charge in [-0.3, -0.25) is 14.4 Å². The molecular weight excluding hydrogens is 581 g/mol. The van der Waals surface area contributed by atoms with E-state index in [4.69, 9.17) is 9.47 Å². The van der Waals surface area contributed by atoms with Gasteiger partial charge in [0.1, 0.15) is 0 Å². The summed E-state index contributed by atoms with van der Waals surface area (Å²) >= 11 is 0. The molecule has 0 atom stereocenters. The number of aromatic nitrogens is 4. The summed E-state index contributed by atoms with van der Waals surface area (Å²) in [5.74, 6) is -2.22. The minimum absolute atomic E-state index is 0.104. The zero-order valence-corrected chi connectivity index (χ0v) is 25.7. The quantitative estimate of drug-likeness (QED) is 0.0976. The molecule has 0 spiro atoms. The summed E-state index contributed by atoms with van der Waals surface area (Å²) in [6.45, 7) is 8.34. The van der Waals surface area contributed by atoms with Crippen LogP contribution < -0.4 is 10.1 Å². The number of hydrogen-bond donors (Lipinski definition) is 3. The Hall–Kier alpha value is -5.10. The number of carbonyl (C=O) groups excluding carboxylic acids is 3. The number of amides is 1. The van der Waals surface area contributed by atoms with Crippen LogP contribution in [0.2, 0.25) is 0 Å². The van der Waals surface area contributed by atoms with Crippen molar-refractivity contribution in [1.29, 1.82) is 0 Å². The highest BCUT2D eigenvalue weighted by Gasteiger charge is 2.27. The van der Waals surface area contributed by atoms with Gasteiger partial charge >= 0.3 is 5.97 Å². The maximum absolute atomic E-state index is 15.1. The van der Waals surface area contributed by atoms with Crippen LogP contribution in [0.5, 0.6) is 5.75 Å². The lowest BCUT2D eigenvalue weighted by Crippen LogP contribution is -2.28. The van der Waals surface area contributed by atoms with Gasteiger partial charge < -0.3 is 24.9 Å². The van der Waals surface area contributed by atoms with Crippen LogP contribution >= 0.6 is 0 Å². The molecule has 0 fully saturated rings. The Bertz CT molecular complexity index is 1940. The first-order chi connectivity index (χ1) is 21.4. The number of aromatic amines is 1. The van der Waals surface area contributed by atoms with E-state index in [2.05, 4.69) is 20.4 Å². The van der Waals surface area contributed by atoms with E-state index in [0.717, 1.165) is 34.0 Å². The van der Waals surface area contributed by atoms with Crippen molar-refractivity contribution in [3.63, 3.8) is 0 Å². The maximum Gasteiger partial charge on any atom is 0.312 e. The summed E-state index contributed by atoms with van der Waals surface area (Å²) in [5, 5.41) is 17.8. The van der Waals surface area contributed by atoms with Gasteiger partial charge in [0.2, 0.25) is 12.2 Å². The second kappa shape index (κ2) is 12.5. The van der Waals surface area contributed by atoms with Gasteiger partial charge in [-0.05, 0) is 51.3 Å². The molecule has 5 aromatic rings. The molecule has 4 heterocycles. The first-order valence-electron chi connectivity index (χ1n) is 14.4. The van der Waals surface area contributed by atoms with E-state index in [0.29, 0.717) is 47.6 Å². The first kappa shape index (κ1) is 31.3. The largest absolute Gasteiger partial charge is 0.490 e. The second-order valence-corrected chi connectivity index (χ2v) is 11.3. The number of esters is 1. The minimum atomic E-state index is -1.65. The molecule has 3 aromatic heterocycles. The van der Waals surface area contributed by atoms with Crippen LogP contribution in [0.3, 0.4) is 0 Å². The Balaban J connectivity index is 0.000000277. The highest BCUT2D eigenvalue weighted by atomic mass is 19.1. The van der Waals surface area contributed by atoms with Crippen LogP contribution in [0.4, 0.5) is 10.2 Å². The molecule has 1 amide bonds. The maximum atomic E-state index is 15.1. The fraction of sp³-hybridized carbons (Fsp3) is 0.303. The number of ether oxygens (including phenoxy) is 2. The van der Waals surface area contributed by atoms with Crippen molar-refractivity contribution in [3.8, 4) is 17.0 Å². The predicted octanol–water partition coefficient (Wildman–Crippen LogP) is 5.23. The molecule has 234 valence electrons. The summed E-state index contributed by atoms with van der Waals surface area (Å²) in [5.41, 5.74) is 5.73. The van der Waals surface area contributed by atoms with Crippen molar-refractivity contribution in [3.05, 3.63) is 76.4 Å². The molecular formula is C33H34FN5O6. The van der Waals surface area contributed by atoms with Crippen molar-refractivity contribution >= 4 is 40.5 Å². The third-order valence-corrected chi connectivity index (χ3v) is 7.46. The summed E-state index contributed by atoms with van der Waals surface area (Å²) in [6, 6.07) is 10.7. The summed E-state index contributed by atoms with van der Waals surface area (Å²) in [7, 11) is 0. The molecule has 1 aliphatic rings. The number of fused-ring (bicyclic) bond motifs is 3. The Morgan fingerprint density at radius 2 is 2.00 bits per heavy atom. The smallest absolute Gasteiger partial charge is 0.312 e. The minimum Gasteiger partial charge on any atom is -0.490 e. The molecule has 0 aliphatic carbocycles. The number of para-hydroxylation sites is 1. The van der Waals surface area contributed by atoms with Crippen molar-refractivity contribution in [2.45, 2.75) is 59.7 Å². The molecule has 0 bridgehead atoms. The van der Waals surface area contributed by atoms with Crippen LogP contribution in [-0.2, 0) is 27.2 Å². The molecule has 1 aliphatic heterocycles. The molecule has 45 heavy (non-hydrogen) atoms. The number of Topliss-reactive ketones (excluding diaryl/α,β-unsaturated/α-hetero) is 1. The predicted molar refractivity (Wildman–Crippen MR) is 166 cm³/mol. The van der Waals surface area contributed by atoms with Crippen LogP contribution in [0.15, 0.2) is 42.6 Å². The number of ketones is 1. The Kier molecular flexibility index (Phi) is 8.69. The van der Waals surface area contributed by atoms with E-state index in [1.54, 1.807) is 26.1 Å². The zero-order valence-electron chi connectivity index (χ0n) is 25.7. The average Bonchev–Trinajstić information content (AvgIpc) is 3.59. The van der Waals surface area contributed by atoms with E-state index in [9.17, 15) is 19.5 Å². The van der Waals surface area contributed by atoms with E-state index < -0.39 is 17.6 Å². The number of nitrogens with one attached hydrogen (secondary N) is 2. The lowest BCUT2D eigenvalue weighted by atomic mass is 9.91. The molecule has 2 aromatic carbocycles. The molecule has 0 radical (unpaired) electrons. The molecule has 0 unspecified atom stereocenters. The second-order valence-electron chi connectivity index (χ2n) is 11.3. The van der Waals surface area contributed by atoms with Crippen molar-refractivity contribution in [2.24, 2.45) is 0 Å². The summed E-state index contributed by atoms with van der Waals surface area (Å²) in [6.07, 6.45) is 3.46. The van der Waals surface area contributed by atoms with Crippen molar-refractivity contribution in [1.82, 2.24) is 19.6 Å². The fourth-order valence-electron chi connectivity index (χ4n) is 5.50. The van der Waals surface area contributed by atoms with Gasteiger partial charge in [-0.15, -0.1) is 5.10 Å². The molecule has 6 rings (SSSR count). The van der Waals surface area contributed by atoms with Crippen LogP contribution in [0.1, 0.15) is 59.9 Å². The Morgan fingerprint density at radius 3 is 2.71 bits per heavy atom. The average molecular weight is 616 g/mol. The normalized spacial score (nSPS) is 12.6. The van der Waals surface area contributed by atoms with Crippen LogP contribution in [0.25, 0.3) is 27.8 Å². The van der Waals surface area contributed by atoms with E-state index in [1.165, 1.54) is 24.4 Å². The Labute approximate surface area is 258 Å². The number of hydrogen-bond acceptors (Lipinski definition) is 8. The van der Waals surface area contributed by atoms with Crippen LogP contribution in [0, 0.1) is 19.7 Å². The highest BCUT2D eigenvalue weighted by molar-refractivity contribution is 6.06. The number of aliphatic hydroxyl groups is 1. The zero-order chi connectivity index (χ0) is 32.5. The standard InChI is InChI=1S/C23H25FN4O5.C10H9NO/c1-12-14-6-5-7-32-22(14)17(24)8-15(12)21-16(9-20(30)33-23(3,4)31)13(2)26-19-10-18(25-11-29)27-28(19)21;1-7(12)9-6-11-10-5-3-2-4-8(9)10/h8,10-11,31H,5-7,9H2,1-4H3,(H,25,27,29);2-6,11H,1H3. The van der Waals surface area contributed by atoms with Gasteiger partial charge in [-0.2, -0.15) is 0 Å². The lowest BCUT2D eigenvalue weighted by Gasteiger charge is -2.24. The highest BCUT2D eigenvalue weighted by Crippen LogP contribution is 2.39. The van der Waals surface area contributed by atoms with Crippen molar-refractivity contribution < 1.29 is 33.4 Å². The lowest BCUT2D eigenvalue weighted by molar-refractivity contribution is -0.194. The third-order valence-electron chi connectivity index (χ3n) is 7.46. The van der Waals surface area contributed by atoms with Gasteiger partial charge in [-0.1, -0.05) is 18.2 Å². The van der Waals surface area contributed by atoms with Crippen molar-refractivity contribution in [2.75, 3.05) is 11.9 Å². The molecule has 0 saturated carbocycles. The number of anilines is 1. The molecule has 11 nitrogen and oxygen atoms in total. The topological polar surface area (TPSA) is 148 Å². The number of nitrogens with zero attached hydrogens (tertiary/aromatic N) is 3. The number of carbonyl (C=O) groups is 3. The van der Waals surface area contributed by atoms with Gasteiger partial charge in [0.15, 0.2) is 28.8 Å².